The van der Waals surface area contributed by atoms with Crippen molar-refractivity contribution in [2.75, 3.05) is 0 Å². The fourth-order valence-corrected chi connectivity index (χ4v) is 3.53. The Labute approximate surface area is 150 Å². The molecule has 0 atom stereocenters. The van der Waals surface area contributed by atoms with E-state index in [1.807, 2.05) is 30.3 Å². The number of rotatable bonds is 3. The van der Waals surface area contributed by atoms with Crippen LogP contribution in [0.3, 0.4) is 0 Å². The molecule has 0 spiro atoms. The lowest BCUT2D eigenvalue weighted by Gasteiger charge is -2.13. The van der Waals surface area contributed by atoms with Crippen LogP contribution in [-0.4, -0.2) is 0 Å². The zero-order valence-corrected chi connectivity index (χ0v) is 14.1. The van der Waals surface area contributed by atoms with Gasteiger partial charge in [-0.3, -0.25) is 0 Å². The highest BCUT2D eigenvalue weighted by molar-refractivity contribution is 6.03. The molecule has 126 valence electrons. The van der Waals surface area contributed by atoms with E-state index in [0.717, 1.165) is 16.3 Å². The Morgan fingerprint density at radius 3 is 1.92 bits per heavy atom. The van der Waals surface area contributed by atoms with E-state index in [0.29, 0.717) is 21.9 Å². The van der Waals surface area contributed by atoms with Gasteiger partial charge in [-0.25, -0.2) is 8.78 Å². The molecule has 0 aliphatic heterocycles. The van der Waals surface area contributed by atoms with Gasteiger partial charge in [-0.1, -0.05) is 79.9 Å². The van der Waals surface area contributed by atoms with Crippen LogP contribution < -0.4 is 0 Å². The number of fused-ring (bicyclic) bond motifs is 2. The maximum atomic E-state index is 15.3. The minimum absolute atomic E-state index is 0.00877. The summed E-state index contributed by atoms with van der Waals surface area (Å²) in [5, 5.41) is 2.62. The molecule has 4 aromatic carbocycles. The van der Waals surface area contributed by atoms with E-state index >= 15 is 4.39 Å². The smallest absolute Gasteiger partial charge is 0.141 e. The first-order chi connectivity index (χ1) is 12.7. The molecule has 0 aliphatic carbocycles. The first kappa shape index (κ1) is 16.2. The van der Waals surface area contributed by atoms with Gasteiger partial charge in [0.15, 0.2) is 0 Å². The third kappa shape index (κ3) is 2.34. The zero-order chi connectivity index (χ0) is 18.3. The molecule has 0 bridgehead atoms. The molecule has 2 heteroatoms. The molecule has 26 heavy (non-hydrogen) atoms. The SMILES string of the molecule is C=Cc1cccc2c(-c3c(F)cc4c(C=C)cccc4c3F)cccc12. The summed E-state index contributed by atoms with van der Waals surface area (Å²) >= 11 is 0. The van der Waals surface area contributed by atoms with Gasteiger partial charge in [0.2, 0.25) is 0 Å². The van der Waals surface area contributed by atoms with E-state index in [1.54, 1.807) is 36.4 Å². The van der Waals surface area contributed by atoms with E-state index in [9.17, 15) is 4.39 Å². The Morgan fingerprint density at radius 2 is 1.23 bits per heavy atom. The lowest BCUT2D eigenvalue weighted by atomic mass is 9.92. The van der Waals surface area contributed by atoms with Gasteiger partial charge in [-0.05, 0) is 38.9 Å². The van der Waals surface area contributed by atoms with Crippen molar-refractivity contribution < 1.29 is 8.78 Å². The van der Waals surface area contributed by atoms with Crippen molar-refractivity contribution in [1.29, 1.82) is 0 Å². The van der Waals surface area contributed by atoms with E-state index in [-0.39, 0.29) is 5.56 Å². The normalized spacial score (nSPS) is 11.0. The summed E-state index contributed by atoms with van der Waals surface area (Å²) in [6.45, 7) is 7.55. The molecule has 0 unspecified atom stereocenters. The van der Waals surface area contributed by atoms with Crippen LogP contribution in [0.1, 0.15) is 11.1 Å². The van der Waals surface area contributed by atoms with Gasteiger partial charge in [-0.15, -0.1) is 0 Å². The second-order valence-corrected chi connectivity index (χ2v) is 6.15. The standard InChI is InChI=1S/C24H16F2/c1-3-15-8-5-11-18-17(15)10-7-12-19(18)23-22(25)14-21-16(4-2)9-6-13-20(21)24(23)26/h3-14H,1-2H2. The Hall–Kier alpha value is -3.26. The van der Waals surface area contributed by atoms with Gasteiger partial charge >= 0.3 is 0 Å². The monoisotopic (exact) mass is 342 g/mol. The summed E-state index contributed by atoms with van der Waals surface area (Å²) in [7, 11) is 0. The average molecular weight is 342 g/mol. The summed E-state index contributed by atoms with van der Waals surface area (Å²) in [4.78, 5) is 0. The van der Waals surface area contributed by atoms with Crippen molar-refractivity contribution in [3.8, 4) is 11.1 Å². The molecule has 0 amide bonds. The lowest BCUT2D eigenvalue weighted by molar-refractivity contribution is 0.598. The summed E-state index contributed by atoms with van der Waals surface area (Å²) < 4.78 is 30.3. The van der Waals surface area contributed by atoms with Crippen molar-refractivity contribution in [2.24, 2.45) is 0 Å². The van der Waals surface area contributed by atoms with Gasteiger partial charge in [0.1, 0.15) is 11.6 Å². The molecule has 0 saturated carbocycles. The number of benzene rings is 4. The van der Waals surface area contributed by atoms with Gasteiger partial charge < -0.3 is 0 Å². The van der Waals surface area contributed by atoms with Crippen LogP contribution in [0.4, 0.5) is 8.78 Å². The molecule has 0 heterocycles. The minimum atomic E-state index is -0.583. The maximum absolute atomic E-state index is 15.3. The van der Waals surface area contributed by atoms with Crippen LogP contribution in [0, 0.1) is 11.6 Å². The van der Waals surface area contributed by atoms with Crippen LogP contribution in [0.5, 0.6) is 0 Å². The van der Waals surface area contributed by atoms with Crippen molar-refractivity contribution in [3.63, 3.8) is 0 Å². The van der Waals surface area contributed by atoms with Crippen molar-refractivity contribution in [3.05, 3.63) is 96.6 Å². The lowest BCUT2D eigenvalue weighted by Crippen LogP contribution is -1.95. The number of hydrogen-bond donors (Lipinski definition) is 0. The van der Waals surface area contributed by atoms with Crippen LogP contribution in [0.2, 0.25) is 0 Å². The first-order valence-corrected chi connectivity index (χ1v) is 8.33. The molecule has 0 fully saturated rings. The van der Waals surface area contributed by atoms with Gasteiger partial charge in [0.05, 0.1) is 5.56 Å². The highest BCUT2D eigenvalue weighted by Crippen LogP contribution is 2.37. The maximum Gasteiger partial charge on any atom is 0.141 e. The quantitative estimate of drug-likeness (QED) is 0.368. The van der Waals surface area contributed by atoms with Crippen LogP contribution in [0.25, 0.3) is 44.8 Å². The fraction of sp³-hybridized carbons (Fsp3) is 0. The highest BCUT2D eigenvalue weighted by Gasteiger charge is 2.18. The highest BCUT2D eigenvalue weighted by atomic mass is 19.1. The Morgan fingerprint density at radius 1 is 0.654 bits per heavy atom. The van der Waals surface area contributed by atoms with Crippen molar-refractivity contribution >= 4 is 33.7 Å². The Balaban J connectivity index is 2.12. The number of hydrogen-bond acceptors (Lipinski definition) is 0. The van der Waals surface area contributed by atoms with E-state index in [2.05, 4.69) is 13.2 Å². The average Bonchev–Trinajstić information content (AvgIpc) is 2.67. The minimum Gasteiger partial charge on any atom is -0.206 e. The Bertz CT molecular complexity index is 1190. The van der Waals surface area contributed by atoms with Gasteiger partial charge in [0.25, 0.3) is 0 Å². The van der Waals surface area contributed by atoms with E-state index < -0.39 is 11.6 Å². The molecule has 4 rings (SSSR count). The fourth-order valence-electron chi connectivity index (χ4n) is 3.53. The van der Waals surface area contributed by atoms with Crippen LogP contribution >= 0.6 is 0 Å². The molecule has 0 aromatic heterocycles. The predicted octanol–water partition coefficient (Wildman–Crippen LogP) is 7.22. The van der Waals surface area contributed by atoms with Crippen molar-refractivity contribution in [1.82, 2.24) is 0 Å². The second-order valence-electron chi connectivity index (χ2n) is 6.15. The molecule has 4 aromatic rings. The molecule has 0 saturated heterocycles. The molecule has 0 radical (unpaired) electrons. The van der Waals surface area contributed by atoms with Gasteiger partial charge in [-0.2, -0.15) is 0 Å². The van der Waals surface area contributed by atoms with Crippen LogP contribution in [0.15, 0.2) is 73.8 Å². The third-order valence-corrected chi connectivity index (χ3v) is 4.77. The van der Waals surface area contributed by atoms with E-state index in [4.69, 9.17) is 0 Å². The topological polar surface area (TPSA) is 0 Å². The first-order valence-electron chi connectivity index (χ1n) is 8.33. The van der Waals surface area contributed by atoms with E-state index in [1.165, 1.54) is 6.07 Å². The van der Waals surface area contributed by atoms with Gasteiger partial charge in [0, 0.05) is 5.39 Å². The molecule has 0 aliphatic rings. The second kappa shape index (κ2) is 6.23. The molecule has 0 N–H and O–H groups in total. The van der Waals surface area contributed by atoms with Crippen LogP contribution in [-0.2, 0) is 0 Å². The summed E-state index contributed by atoms with van der Waals surface area (Å²) in [5.74, 6) is -1.14. The Kier molecular flexibility index (Phi) is 3.89. The third-order valence-electron chi connectivity index (χ3n) is 4.77. The summed E-state index contributed by atoms with van der Waals surface area (Å²) in [6.07, 6.45) is 3.35. The largest absolute Gasteiger partial charge is 0.206 e. The number of halogens is 2. The zero-order valence-electron chi connectivity index (χ0n) is 14.1. The summed E-state index contributed by atoms with van der Waals surface area (Å²) in [5.41, 5.74) is 2.16. The van der Waals surface area contributed by atoms with Crippen molar-refractivity contribution in [2.45, 2.75) is 0 Å². The summed E-state index contributed by atoms with van der Waals surface area (Å²) in [6, 6.07) is 17.8. The molecular formula is C24H16F2. The molecular weight excluding hydrogens is 326 g/mol. The predicted molar refractivity (Wildman–Crippen MR) is 107 cm³/mol. The molecule has 0 nitrogen and oxygen atoms in total.